The van der Waals surface area contributed by atoms with Crippen LogP contribution in [0, 0.1) is 0 Å². The Kier molecular flexibility index (Phi) is 9.75. The quantitative estimate of drug-likeness (QED) is 0.196. The van der Waals surface area contributed by atoms with Crippen LogP contribution in [0.15, 0.2) is 71.2 Å². The number of carbonyl (C=O) groups excluding carboxylic acids is 1. The van der Waals surface area contributed by atoms with Crippen LogP contribution in [0.3, 0.4) is 0 Å². The molecule has 0 N–H and O–H groups in total. The van der Waals surface area contributed by atoms with Crippen LogP contribution < -0.4 is 0 Å². The Balaban J connectivity index is 1.37. The van der Waals surface area contributed by atoms with E-state index >= 15 is 0 Å². The molecule has 1 unspecified atom stereocenters. The summed E-state index contributed by atoms with van der Waals surface area (Å²) in [5.41, 5.74) is 2.80. The molecule has 1 aliphatic heterocycles. The number of fused-ring (bicyclic) bond motifs is 1. The second-order valence-corrected chi connectivity index (χ2v) is 10.5. The molecular weight excluding hydrogens is 500 g/mol. The van der Waals surface area contributed by atoms with E-state index in [0.29, 0.717) is 12.5 Å². The third-order valence-electron chi connectivity index (χ3n) is 7.16. The van der Waals surface area contributed by atoms with Crippen LogP contribution in [0.2, 0.25) is 0 Å². The van der Waals surface area contributed by atoms with Crippen molar-refractivity contribution >= 4 is 32.7 Å². The number of esters is 1. The summed E-state index contributed by atoms with van der Waals surface area (Å²) < 4.78 is 5.94. The topological polar surface area (TPSA) is 32.8 Å². The fraction of sp³-hybridized carbons (Fsp3) is 0.433. The largest absolute Gasteiger partial charge is 0.469 e. The molecule has 4 rings (SSSR count). The van der Waals surface area contributed by atoms with Gasteiger partial charge >= 0.3 is 5.97 Å². The van der Waals surface area contributed by atoms with E-state index in [1.807, 2.05) is 0 Å². The molecule has 0 aliphatic carbocycles. The highest BCUT2D eigenvalue weighted by atomic mass is 79.9. The number of rotatable bonds is 12. The Bertz CT molecular complexity index is 1100. The van der Waals surface area contributed by atoms with E-state index in [2.05, 4.69) is 92.5 Å². The van der Waals surface area contributed by atoms with Gasteiger partial charge in [0, 0.05) is 43.1 Å². The molecule has 1 fully saturated rings. The molecule has 186 valence electrons. The Hall–Kier alpha value is -2.21. The molecule has 1 aliphatic rings. The van der Waals surface area contributed by atoms with Crippen molar-refractivity contribution in [2.45, 2.75) is 51.1 Å². The zero-order valence-corrected chi connectivity index (χ0v) is 22.4. The van der Waals surface area contributed by atoms with Crippen LogP contribution in [0.4, 0.5) is 0 Å². The van der Waals surface area contributed by atoms with E-state index in [4.69, 9.17) is 4.74 Å². The minimum atomic E-state index is -0.100. The van der Waals surface area contributed by atoms with Gasteiger partial charge in [-0.05, 0) is 66.3 Å². The third-order valence-corrected chi connectivity index (χ3v) is 7.65. The summed E-state index contributed by atoms with van der Waals surface area (Å²) in [6.07, 6.45) is 5.89. The van der Waals surface area contributed by atoms with Crippen LogP contribution in [0.1, 0.15) is 43.2 Å². The van der Waals surface area contributed by atoms with Gasteiger partial charge in [0.25, 0.3) is 0 Å². The van der Waals surface area contributed by atoms with Crippen LogP contribution in [-0.2, 0) is 22.5 Å². The van der Waals surface area contributed by atoms with Gasteiger partial charge in [-0.3, -0.25) is 14.6 Å². The van der Waals surface area contributed by atoms with Gasteiger partial charge in [0.15, 0.2) is 0 Å². The molecule has 35 heavy (non-hydrogen) atoms. The van der Waals surface area contributed by atoms with Crippen molar-refractivity contribution in [3.05, 3.63) is 82.3 Å². The van der Waals surface area contributed by atoms with Crippen molar-refractivity contribution < 1.29 is 9.53 Å². The standard InChI is InChI=1S/C30H37BrN2O2/c1-35-30(34)15-3-2-6-18-33(20-16-26-12-8-11-25-10-4-5-14-29(25)26)28-17-19-32(23-28)22-24-9-7-13-27(31)21-24/h4-5,7-14,21,28H,2-3,6,15-20,22-23H2,1H3. The zero-order valence-electron chi connectivity index (χ0n) is 20.8. The van der Waals surface area contributed by atoms with Crippen molar-refractivity contribution in [1.29, 1.82) is 0 Å². The fourth-order valence-corrected chi connectivity index (χ4v) is 5.71. The molecule has 1 atom stereocenters. The second-order valence-electron chi connectivity index (χ2n) is 9.62. The lowest BCUT2D eigenvalue weighted by Crippen LogP contribution is -2.39. The van der Waals surface area contributed by atoms with Gasteiger partial charge in [-0.2, -0.15) is 0 Å². The molecule has 0 bridgehead atoms. The van der Waals surface area contributed by atoms with E-state index in [-0.39, 0.29) is 5.97 Å². The van der Waals surface area contributed by atoms with Crippen LogP contribution in [0.5, 0.6) is 0 Å². The molecule has 0 amide bonds. The molecule has 1 saturated heterocycles. The van der Waals surface area contributed by atoms with Crippen molar-refractivity contribution in [2.75, 3.05) is 33.3 Å². The fourth-order valence-electron chi connectivity index (χ4n) is 5.26. The van der Waals surface area contributed by atoms with Gasteiger partial charge < -0.3 is 4.74 Å². The molecule has 0 spiro atoms. The number of benzene rings is 3. The van der Waals surface area contributed by atoms with E-state index < -0.39 is 0 Å². The first-order chi connectivity index (χ1) is 17.1. The number of hydrogen-bond donors (Lipinski definition) is 0. The number of nitrogens with zero attached hydrogens (tertiary/aromatic N) is 2. The molecule has 0 radical (unpaired) electrons. The number of hydrogen-bond acceptors (Lipinski definition) is 4. The number of unbranched alkanes of at least 4 members (excludes halogenated alkanes) is 2. The van der Waals surface area contributed by atoms with Crippen molar-refractivity contribution in [3.63, 3.8) is 0 Å². The first-order valence-electron chi connectivity index (χ1n) is 12.9. The molecule has 3 aromatic rings. The predicted molar refractivity (Wildman–Crippen MR) is 148 cm³/mol. The first kappa shape index (κ1) is 25.9. The van der Waals surface area contributed by atoms with E-state index in [1.165, 1.54) is 35.4 Å². The minimum Gasteiger partial charge on any atom is -0.469 e. The molecule has 5 heteroatoms. The van der Waals surface area contributed by atoms with Gasteiger partial charge in [0.1, 0.15) is 0 Å². The lowest BCUT2D eigenvalue weighted by molar-refractivity contribution is -0.140. The summed E-state index contributed by atoms with van der Waals surface area (Å²) in [6.45, 7) is 5.42. The number of methoxy groups -OCH3 is 1. The summed E-state index contributed by atoms with van der Waals surface area (Å²) >= 11 is 3.61. The maximum absolute atomic E-state index is 11.5. The van der Waals surface area contributed by atoms with Gasteiger partial charge in [-0.25, -0.2) is 0 Å². The summed E-state index contributed by atoms with van der Waals surface area (Å²) in [4.78, 5) is 16.8. The Labute approximate surface area is 218 Å². The van der Waals surface area contributed by atoms with Crippen molar-refractivity contribution in [1.82, 2.24) is 9.80 Å². The maximum atomic E-state index is 11.5. The average Bonchev–Trinajstić information content (AvgIpc) is 3.33. The molecule has 1 heterocycles. The third kappa shape index (κ3) is 7.63. The highest BCUT2D eigenvalue weighted by Gasteiger charge is 2.27. The number of ether oxygens (including phenoxy) is 1. The second kappa shape index (κ2) is 13.2. The minimum absolute atomic E-state index is 0.100. The highest BCUT2D eigenvalue weighted by molar-refractivity contribution is 9.10. The van der Waals surface area contributed by atoms with E-state index in [1.54, 1.807) is 0 Å². The first-order valence-corrected chi connectivity index (χ1v) is 13.7. The molecule has 0 aromatic heterocycles. The SMILES string of the molecule is COC(=O)CCCCCN(CCc1cccc2ccccc12)C1CCN(Cc2cccc(Br)c2)C1. The van der Waals surface area contributed by atoms with Crippen LogP contribution in [-0.4, -0.2) is 55.1 Å². The summed E-state index contributed by atoms with van der Waals surface area (Å²) in [5.74, 6) is -0.100. The summed E-state index contributed by atoms with van der Waals surface area (Å²) in [6, 6.07) is 24.6. The Morgan fingerprint density at radius 1 is 1.03 bits per heavy atom. The lowest BCUT2D eigenvalue weighted by Gasteiger charge is -2.29. The van der Waals surface area contributed by atoms with Gasteiger partial charge in [0.2, 0.25) is 0 Å². The summed E-state index contributed by atoms with van der Waals surface area (Å²) in [7, 11) is 1.47. The van der Waals surface area contributed by atoms with Gasteiger partial charge in [-0.1, -0.05) is 76.9 Å². The van der Waals surface area contributed by atoms with Crippen LogP contribution in [0.25, 0.3) is 10.8 Å². The predicted octanol–water partition coefficient (Wildman–Crippen LogP) is 6.45. The lowest BCUT2D eigenvalue weighted by atomic mass is 10.0. The molecule has 0 saturated carbocycles. The Morgan fingerprint density at radius 3 is 2.71 bits per heavy atom. The smallest absolute Gasteiger partial charge is 0.305 e. The molecule has 3 aromatic carbocycles. The van der Waals surface area contributed by atoms with Crippen LogP contribution >= 0.6 is 15.9 Å². The molecule has 4 nitrogen and oxygen atoms in total. The average molecular weight is 538 g/mol. The van der Waals surface area contributed by atoms with Gasteiger partial charge in [-0.15, -0.1) is 0 Å². The Morgan fingerprint density at radius 2 is 1.86 bits per heavy atom. The number of carbonyl (C=O) groups is 1. The monoisotopic (exact) mass is 536 g/mol. The van der Waals surface area contributed by atoms with Gasteiger partial charge in [0.05, 0.1) is 7.11 Å². The maximum Gasteiger partial charge on any atom is 0.305 e. The summed E-state index contributed by atoms with van der Waals surface area (Å²) in [5, 5.41) is 2.69. The highest BCUT2D eigenvalue weighted by Crippen LogP contribution is 2.23. The van der Waals surface area contributed by atoms with E-state index in [9.17, 15) is 4.79 Å². The van der Waals surface area contributed by atoms with Crippen molar-refractivity contribution in [2.24, 2.45) is 0 Å². The number of likely N-dealkylation sites (tertiary alicyclic amines) is 1. The number of halogens is 1. The van der Waals surface area contributed by atoms with E-state index in [0.717, 1.165) is 62.9 Å². The van der Waals surface area contributed by atoms with Crippen molar-refractivity contribution in [3.8, 4) is 0 Å². The normalized spacial score (nSPS) is 16.3. The molecular formula is C30H37BrN2O2. The zero-order chi connectivity index (χ0) is 24.5.